The minimum Gasteiger partial charge on any atom is -0.394 e. The highest BCUT2D eigenvalue weighted by molar-refractivity contribution is 6.33. The van der Waals surface area contributed by atoms with Crippen molar-refractivity contribution in [3.05, 3.63) is 67.2 Å². The summed E-state index contributed by atoms with van der Waals surface area (Å²) in [7, 11) is 0. The van der Waals surface area contributed by atoms with E-state index in [1.807, 2.05) is 0 Å². The molecule has 3 atom stereocenters. The van der Waals surface area contributed by atoms with Crippen LogP contribution in [0.15, 0.2) is 34.0 Å². The van der Waals surface area contributed by atoms with Crippen molar-refractivity contribution in [3.63, 3.8) is 0 Å². The average Bonchev–Trinajstić information content (AvgIpc) is 3.15. The van der Waals surface area contributed by atoms with Gasteiger partial charge in [-0.2, -0.15) is 0 Å². The Labute approximate surface area is 193 Å². The number of rotatable bonds is 9. The van der Waals surface area contributed by atoms with Crippen LogP contribution in [0.4, 0.5) is 4.39 Å². The summed E-state index contributed by atoms with van der Waals surface area (Å²) < 4.78 is 26.2. The van der Waals surface area contributed by atoms with Gasteiger partial charge in [0.25, 0.3) is 11.5 Å². The number of ether oxygens (including phenoxy) is 2. The second-order valence-corrected chi connectivity index (χ2v) is 7.97. The fourth-order valence-corrected chi connectivity index (χ4v) is 3.73. The maximum atomic E-state index is 13.1. The molecule has 3 rings (SSSR count). The monoisotopic (exact) mass is 485 g/mol. The molecular formula is C21H25ClFN3O7. The third-order valence-electron chi connectivity index (χ3n) is 5.23. The smallest absolute Gasteiger partial charge is 0.333 e. The minimum absolute atomic E-state index is 0.00686. The Balaban J connectivity index is 1.54. The molecule has 2 aromatic rings. The van der Waals surface area contributed by atoms with Crippen LogP contribution in [-0.2, 0) is 16.0 Å². The molecule has 1 aromatic carbocycles. The largest absolute Gasteiger partial charge is 0.394 e. The van der Waals surface area contributed by atoms with E-state index in [1.54, 1.807) is 6.92 Å². The lowest BCUT2D eigenvalue weighted by atomic mass is 10.2. The number of carbonyl (C=O) groups is 1. The van der Waals surface area contributed by atoms with E-state index in [0.29, 0.717) is 5.56 Å². The first-order valence-corrected chi connectivity index (χ1v) is 10.7. The average molecular weight is 486 g/mol. The van der Waals surface area contributed by atoms with E-state index < -0.39 is 41.4 Å². The van der Waals surface area contributed by atoms with Gasteiger partial charge in [0.1, 0.15) is 18.1 Å². The molecule has 0 aliphatic carbocycles. The lowest BCUT2D eigenvalue weighted by molar-refractivity contribution is -0.0464. The third kappa shape index (κ3) is 5.87. The van der Waals surface area contributed by atoms with E-state index in [1.165, 1.54) is 16.8 Å². The number of amides is 1. The van der Waals surface area contributed by atoms with Crippen LogP contribution in [-0.4, -0.2) is 63.8 Å². The zero-order chi connectivity index (χ0) is 24.1. The van der Waals surface area contributed by atoms with Crippen molar-refractivity contribution < 1.29 is 28.9 Å². The number of hydrogen-bond acceptors (Lipinski definition) is 7. The number of nitrogens with one attached hydrogen (secondary N) is 1. The SMILES string of the molecule is Cc1cn([C@H]2C[C@H](O)[C@@H](CO)O2)c(=O)n(CCOCCNC(=O)c2ccc([19F])cc2Cl)c1=O. The minimum atomic E-state index is -0.920. The normalized spacial score (nSPS) is 20.2. The van der Waals surface area contributed by atoms with Crippen molar-refractivity contribution in [2.75, 3.05) is 26.4 Å². The van der Waals surface area contributed by atoms with Gasteiger partial charge >= 0.3 is 5.69 Å². The Morgan fingerprint density at radius 3 is 2.79 bits per heavy atom. The second kappa shape index (κ2) is 11.0. The second-order valence-electron chi connectivity index (χ2n) is 7.57. The molecular weight excluding hydrogens is 461 g/mol. The van der Waals surface area contributed by atoms with E-state index in [9.17, 15) is 29.0 Å². The maximum absolute atomic E-state index is 13.1. The lowest BCUT2D eigenvalue weighted by Gasteiger charge is -2.17. The highest BCUT2D eigenvalue weighted by atomic mass is 35.5. The highest BCUT2D eigenvalue weighted by Crippen LogP contribution is 2.27. The molecule has 0 saturated carbocycles. The molecule has 33 heavy (non-hydrogen) atoms. The first kappa shape index (κ1) is 25.1. The lowest BCUT2D eigenvalue weighted by Crippen LogP contribution is -2.43. The summed E-state index contributed by atoms with van der Waals surface area (Å²) in [4.78, 5) is 37.3. The summed E-state index contributed by atoms with van der Waals surface area (Å²) in [5.74, 6) is -1.03. The van der Waals surface area contributed by atoms with Gasteiger partial charge in [0.05, 0.1) is 43.1 Å². The Bertz CT molecular complexity index is 1120. The predicted molar refractivity (Wildman–Crippen MR) is 116 cm³/mol. The van der Waals surface area contributed by atoms with Crippen LogP contribution in [0.2, 0.25) is 5.02 Å². The van der Waals surface area contributed by atoms with Crippen LogP contribution in [0.1, 0.15) is 28.6 Å². The molecule has 1 fully saturated rings. The number of benzene rings is 1. The number of aliphatic hydroxyl groups is 2. The molecule has 0 bridgehead atoms. The van der Waals surface area contributed by atoms with Gasteiger partial charge in [0.2, 0.25) is 0 Å². The van der Waals surface area contributed by atoms with Gasteiger partial charge in [0, 0.05) is 24.7 Å². The molecule has 1 saturated heterocycles. The van der Waals surface area contributed by atoms with Crippen LogP contribution in [0.5, 0.6) is 0 Å². The van der Waals surface area contributed by atoms with Crippen LogP contribution >= 0.6 is 11.6 Å². The van der Waals surface area contributed by atoms with E-state index >= 15 is 0 Å². The number of halogens is 2. The van der Waals surface area contributed by atoms with E-state index in [-0.39, 0.29) is 49.9 Å². The van der Waals surface area contributed by atoms with Crippen LogP contribution in [0.25, 0.3) is 0 Å². The zero-order valence-corrected chi connectivity index (χ0v) is 18.6. The molecule has 0 radical (unpaired) electrons. The van der Waals surface area contributed by atoms with Gasteiger partial charge in [0.15, 0.2) is 0 Å². The fourth-order valence-electron chi connectivity index (χ4n) is 3.48. The van der Waals surface area contributed by atoms with Crippen LogP contribution < -0.4 is 16.6 Å². The van der Waals surface area contributed by atoms with Gasteiger partial charge < -0.3 is 25.0 Å². The predicted octanol–water partition coefficient (Wildman–Crippen LogP) is 0.198. The number of aliphatic hydroxyl groups excluding tert-OH is 2. The molecule has 10 nitrogen and oxygen atoms in total. The standard InChI is InChI=1S/C21H25ClFN3O7/c1-12-10-26(18-9-16(28)17(11-27)33-18)21(31)25(20(12)30)5-7-32-6-4-24-19(29)14-3-2-13(23)8-15(14)22/h2-3,8,10,16-18,27-28H,4-7,9,11H2,1H3,(H,24,29)/t16-,17+,18+/m0/s1/i23+0. The van der Waals surface area contributed by atoms with Gasteiger partial charge in [-0.15, -0.1) is 0 Å². The molecule has 1 aliphatic rings. The molecule has 12 heteroatoms. The molecule has 1 amide bonds. The van der Waals surface area contributed by atoms with E-state index in [4.69, 9.17) is 21.1 Å². The van der Waals surface area contributed by atoms with Crippen molar-refractivity contribution in [2.24, 2.45) is 0 Å². The van der Waals surface area contributed by atoms with Crippen molar-refractivity contribution in [3.8, 4) is 0 Å². The summed E-state index contributed by atoms with van der Waals surface area (Å²) >= 11 is 5.85. The summed E-state index contributed by atoms with van der Waals surface area (Å²) in [6, 6.07) is 3.45. The summed E-state index contributed by atoms with van der Waals surface area (Å²) in [6.45, 7) is 1.41. The Morgan fingerprint density at radius 1 is 1.36 bits per heavy atom. The summed E-state index contributed by atoms with van der Waals surface area (Å²) in [5.41, 5.74) is -0.656. The quantitative estimate of drug-likeness (QED) is 0.432. The Hall–Kier alpha value is -2.57. The van der Waals surface area contributed by atoms with Gasteiger partial charge in [-0.25, -0.2) is 9.18 Å². The topological polar surface area (TPSA) is 132 Å². The molecule has 1 aromatic heterocycles. The van der Waals surface area contributed by atoms with Crippen molar-refractivity contribution in [2.45, 2.75) is 38.3 Å². The number of carbonyl (C=O) groups excluding carboxylic acids is 1. The van der Waals surface area contributed by atoms with Crippen molar-refractivity contribution in [1.82, 2.24) is 14.5 Å². The van der Waals surface area contributed by atoms with E-state index in [0.717, 1.165) is 16.7 Å². The molecule has 0 spiro atoms. The zero-order valence-electron chi connectivity index (χ0n) is 17.9. The van der Waals surface area contributed by atoms with Crippen molar-refractivity contribution >= 4 is 17.5 Å². The van der Waals surface area contributed by atoms with Crippen molar-refractivity contribution in [1.29, 1.82) is 0 Å². The molecule has 2 heterocycles. The van der Waals surface area contributed by atoms with E-state index in [2.05, 4.69) is 5.32 Å². The number of nitrogens with zero attached hydrogens (tertiary/aromatic N) is 2. The third-order valence-corrected chi connectivity index (χ3v) is 5.54. The van der Waals surface area contributed by atoms with Gasteiger partial charge in [-0.1, -0.05) is 11.6 Å². The first-order chi connectivity index (χ1) is 15.7. The number of aromatic nitrogens is 2. The summed E-state index contributed by atoms with van der Waals surface area (Å²) in [6.07, 6.45) is -1.04. The number of aryl methyl sites for hydroxylation is 1. The first-order valence-electron chi connectivity index (χ1n) is 10.3. The van der Waals surface area contributed by atoms with Gasteiger partial charge in [-0.05, 0) is 25.1 Å². The number of hydrogen-bond donors (Lipinski definition) is 3. The Morgan fingerprint density at radius 2 is 2.12 bits per heavy atom. The maximum Gasteiger partial charge on any atom is 0.333 e. The molecule has 0 unspecified atom stereocenters. The molecule has 180 valence electrons. The van der Waals surface area contributed by atoms with Crippen LogP contribution in [0, 0.1) is 12.7 Å². The summed E-state index contributed by atoms with van der Waals surface area (Å²) in [5, 5.41) is 21.7. The molecule has 1 aliphatic heterocycles. The van der Waals surface area contributed by atoms with Crippen LogP contribution in [0.3, 0.4) is 0 Å². The fraction of sp³-hybridized carbons (Fsp3) is 0.476. The highest BCUT2D eigenvalue weighted by Gasteiger charge is 2.35. The molecule has 3 N–H and O–H groups in total. The Kier molecular flexibility index (Phi) is 8.38. The van der Waals surface area contributed by atoms with Gasteiger partial charge in [-0.3, -0.25) is 18.7 Å².